The first kappa shape index (κ1) is 13.1. The first-order valence-electron chi connectivity index (χ1n) is 5.49. The molecular weight excluding hydrogens is 262 g/mol. The van der Waals surface area contributed by atoms with E-state index < -0.39 is 0 Å². The Hall–Kier alpha value is -1.38. The SMILES string of the molecule is CC(C)(C)c1cnc(Sc2ccc(C#N)cn2)s1. The lowest BCUT2D eigenvalue weighted by atomic mass is 9.96. The van der Waals surface area contributed by atoms with Crippen molar-refractivity contribution in [2.75, 3.05) is 0 Å². The Morgan fingerprint density at radius 1 is 1.22 bits per heavy atom. The van der Waals surface area contributed by atoms with E-state index in [0.29, 0.717) is 5.56 Å². The van der Waals surface area contributed by atoms with Crippen molar-refractivity contribution in [2.24, 2.45) is 0 Å². The van der Waals surface area contributed by atoms with Crippen LogP contribution >= 0.6 is 23.1 Å². The summed E-state index contributed by atoms with van der Waals surface area (Å²) in [7, 11) is 0. The molecule has 0 bridgehead atoms. The Morgan fingerprint density at radius 2 is 2.00 bits per heavy atom. The van der Waals surface area contributed by atoms with E-state index in [2.05, 4.69) is 36.8 Å². The minimum Gasteiger partial charge on any atom is -0.248 e. The van der Waals surface area contributed by atoms with Crippen LogP contribution in [0, 0.1) is 11.3 Å². The van der Waals surface area contributed by atoms with Crippen molar-refractivity contribution in [3.63, 3.8) is 0 Å². The summed E-state index contributed by atoms with van der Waals surface area (Å²) >= 11 is 3.22. The smallest absolute Gasteiger partial charge is 0.156 e. The zero-order chi connectivity index (χ0) is 13.2. The molecule has 0 saturated heterocycles. The summed E-state index contributed by atoms with van der Waals surface area (Å²) in [5.41, 5.74) is 0.711. The molecule has 0 radical (unpaired) electrons. The van der Waals surface area contributed by atoms with E-state index in [1.165, 1.54) is 16.6 Å². The van der Waals surface area contributed by atoms with E-state index in [1.807, 2.05) is 12.3 Å². The second-order valence-electron chi connectivity index (χ2n) is 4.84. The normalized spacial score (nSPS) is 11.2. The summed E-state index contributed by atoms with van der Waals surface area (Å²) in [6.45, 7) is 6.53. The van der Waals surface area contributed by atoms with Crippen LogP contribution in [0.3, 0.4) is 0 Å². The minimum absolute atomic E-state index is 0.134. The van der Waals surface area contributed by atoms with Crippen molar-refractivity contribution in [2.45, 2.75) is 35.6 Å². The lowest BCUT2D eigenvalue weighted by Crippen LogP contribution is -2.07. The van der Waals surface area contributed by atoms with Gasteiger partial charge in [-0.05, 0) is 29.3 Å². The van der Waals surface area contributed by atoms with Gasteiger partial charge in [-0.15, -0.1) is 11.3 Å². The molecule has 0 fully saturated rings. The highest BCUT2D eigenvalue weighted by Gasteiger charge is 2.17. The molecule has 0 aliphatic carbocycles. The van der Waals surface area contributed by atoms with Gasteiger partial charge < -0.3 is 0 Å². The van der Waals surface area contributed by atoms with Crippen LogP contribution in [0.4, 0.5) is 0 Å². The Labute approximate surface area is 115 Å². The summed E-state index contributed by atoms with van der Waals surface area (Å²) in [6.07, 6.45) is 3.51. The third-order valence-corrected chi connectivity index (χ3v) is 4.73. The number of rotatable bonds is 2. The molecular formula is C13H13N3S2. The van der Waals surface area contributed by atoms with Crippen molar-refractivity contribution in [3.8, 4) is 6.07 Å². The third-order valence-electron chi connectivity index (χ3n) is 2.28. The summed E-state index contributed by atoms with van der Waals surface area (Å²) in [4.78, 5) is 9.88. The minimum atomic E-state index is 0.134. The second kappa shape index (κ2) is 5.09. The molecule has 5 heteroatoms. The monoisotopic (exact) mass is 275 g/mol. The van der Waals surface area contributed by atoms with Crippen LogP contribution in [0.5, 0.6) is 0 Å². The first-order valence-corrected chi connectivity index (χ1v) is 7.12. The van der Waals surface area contributed by atoms with E-state index in [-0.39, 0.29) is 5.41 Å². The lowest BCUT2D eigenvalue weighted by molar-refractivity contribution is 0.602. The van der Waals surface area contributed by atoms with Gasteiger partial charge in [0.2, 0.25) is 0 Å². The molecule has 0 spiro atoms. The third kappa shape index (κ3) is 3.09. The van der Waals surface area contributed by atoms with Crippen LogP contribution in [-0.2, 0) is 5.41 Å². The van der Waals surface area contributed by atoms with E-state index in [9.17, 15) is 0 Å². The average molecular weight is 275 g/mol. The van der Waals surface area contributed by atoms with Gasteiger partial charge >= 0.3 is 0 Å². The van der Waals surface area contributed by atoms with Gasteiger partial charge in [0.05, 0.1) is 5.56 Å². The molecule has 18 heavy (non-hydrogen) atoms. The van der Waals surface area contributed by atoms with Crippen molar-refractivity contribution < 1.29 is 0 Å². The molecule has 0 aliphatic rings. The average Bonchev–Trinajstić information content (AvgIpc) is 2.78. The van der Waals surface area contributed by atoms with Crippen LogP contribution in [0.1, 0.15) is 31.2 Å². The maximum atomic E-state index is 8.70. The fourth-order valence-corrected chi connectivity index (χ4v) is 3.17. The lowest BCUT2D eigenvalue weighted by Gasteiger charge is -2.14. The van der Waals surface area contributed by atoms with Gasteiger partial charge in [0.15, 0.2) is 4.34 Å². The fraction of sp³-hybridized carbons (Fsp3) is 0.308. The summed E-state index contributed by atoms with van der Waals surface area (Å²) in [5, 5.41) is 9.57. The largest absolute Gasteiger partial charge is 0.248 e. The molecule has 2 aromatic rings. The maximum absolute atomic E-state index is 8.70. The van der Waals surface area contributed by atoms with Gasteiger partial charge in [-0.3, -0.25) is 0 Å². The summed E-state index contributed by atoms with van der Waals surface area (Å²) in [6, 6.07) is 5.68. The summed E-state index contributed by atoms with van der Waals surface area (Å²) < 4.78 is 0.983. The highest BCUT2D eigenvalue weighted by atomic mass is 32.2. The molecule has 0 aromatic carbocycles. The van der Waals surface area contributed by atoms with E-state index in [0.717, 1.165) is 9.37 Å². The Morgan fingerprint density at radius 3 is 2.50 bits per heavy atom. The highest BCUT2D eigenvalue weighted by molar-refractivity contribution is 8.01. The van der Waals surface area contributed by atoms with Gasteiger partial charge in [-0.25, -0.2) is 9.97 Å². The zero-order valence-electron chi connectivity index (χ0n) is 10.5. The Kier molecular flexibility index (Phi) is 3.69. The van der Waals surface area contributed by atoms with E-state index in [1.54, 1.807) is 23.6 Å². The van der Waals surface area contributed by atoms with Crippen molar-refractivity contribution in [1.29, 1.82) is 5.26 Å². The predicted molar refractivity (Wildman–Crippen MR) is 73.9 cm³/mol. The predicted octanol–water partition coefficient (Wildman–Crippen LogP) is 3.86. The van der Waals surface area contributed by atoms with Gasteiger partial charge in [0.1, 0.15) is 11.1 Å². The molecule has 2 rings (SSSR count). The molecule has 92 valence electrons. The molecule has 0 amide bonds. The number of thiazole rings is 1. The molecule has 2 heterocycles. The van der Waals surface area contributed by atoms with Crippen molar-refractivity contribution in [3.05, 3.63) is 35.0 Å². The zero-order valence-corrected chi connectivity index (χ0v) is 12.1. The number of nitriles is 1. The van der Waals surface area contributed by atoms with Crippen LogP contribution in [0.25, 0.3) is 0 Å². The maximum Gasteiger partial charge on any atom is 0.156 e. The topological polar surface area (TPSA) is 49.6 Å². The molecule has 0 unspecified atom stereocenters. The van der Waals surface area contributed by atoms with Gasteiger partial charge in [-0.2, -0.15) is 5.26 Å². The highest BCUT2D eigenvalue weighted by Crippen LogP contribution is 2.34. The molecule has 0 aliphatic heterocycles. The summed E-state index contributed by atoms with van der Waals surface area (Å²) in [5.74, 6) is 0. The number of hydrogen-bond acceptors (Lipinski definition) is 5. The van der Waals surface area contributed by atoms with Crippen LogP contribution in [0.15, 0.2) is 33.9 Å². The van der Waals surface area contributed by atoms with Gasteiger partial charge in [-0.1, -0.05) is 20.8 Å². The quantitative estimate of drug-likeness (QED) is 0.835. The molecule has 0 N–H and O–H groups in total. The van der Waals surface area contributed by atoms with Gasteiger partial charge in [0, 0.05) is 17.3 Å². The Bertz CT molecular complexity index is 574. The van der Waals surface area contributed by atoms with E-state index in [4.69, 9.17) is 5.26 Å². The first-order chi connectivity index (χ1) is 8.49. The fourth-order valence-electron chi connectivity index (χ4n) is 1.25. The standard InChI is InChI=1S/C13H13N3S2/c1-13(2,3)10-8-16-12(17-10)18-11-5-4-9(6-14)7-15-11/h4-5,7-8H,1-3H3. The number of aromatic nitrogens is 2. The van der Waals surface area contributed by atoms with E-state index >= 15 is 0 Å². The molecule has 0 atom stereocenters. The van der Waals surface area contributed by atoms with Crippen LogP contribution < -0.4 is 0 Å². The molecule has 2 aromatic heterocycles. The molecule has 0 saturated carbocycles. The molecule has 3 nitrogen and oxygen atoms in total. The van der Waals surface area contributed by atoms with Crippen molar-refractivity contribution in [1.82, 2.24) is 9.97 Å². The number of pyridine rings is 1. The number of nitrogens with zero attached hydrogens (tertiary/aromatic N) is 3. The number of hydrogen-bond donors (Lipinski definition) is 0. The Balaban J connectivity index is 2.14. The van der Waals surface area contributed by atoms with Gasteiger partial charge in [0.25, 0.3) is 0 Å². The van der Waals surface area contributed by atoms with Crippen LogP contribution in [-0.4, -0.2) is 9.97 Å². The second-order valence-corrected chi connectivity index (χ2v) is 7.14. The van der Waals surface area contributed by atoms with Crippen LogP contribution in [0.2, 0.25) is 0 Å². The van der Waals surface area contributed by atoms with Crippen molar-refractivity contribution >= 4 is 23.1 Å².